The van der Waals surface area contributed by atoms with Gasteiger partial charge in [-0.05, 0) is 11.0 Å². The summed E-state index contributed by atoms with van der Waals surface area (Å²) in [5.74, 6) is 0. The zero-order valence-electron chi connectivity index (χ0n) is 5.87. The number of rotatable bonds is 2. The van der Waals surface area contributed by atoms with Crippen molar-refractivity contribution in [3.63, 3.8) is 0 Å². The Hall–Kier alpha value is -0.865. The molecular formula is C7H8BFO2. The SMILES string of the molecule is OB(O)c1ccccc1CF. The summed E-state index contributed by atoms with van der Waals surface area (Å²) < 4.78 is 12.1. The first-order valence-corrected chi connectivity index (χ1v) is 3.25. The van der Waals surface area contributed by atoms with Crippen LogP contribution in [0.1, 0.15) is 5.56 Å². The molecule has 0 amide bonds. The van der Waals surface area contributed by atoms with Gasteiger partial charge in [-0.3, -0.25) is 0 Å². The van der Waals surface area contributed by atoms with Gasteiger partial charge in [-0.2, -0.15) is 0 Å². The molecule has 0 aliphatic carbocycles. The van der Waals surface area contributed by atoms with Gasteiger partial charge in [-0.15, -0.1) is 0 Å². The van der Waals surface area contributed by atoms with E-state index in [-0.39, 0.29) is 5.46 Å². The zero-order valence-corrected chi connectivity index (χ0v) is 5.87. The van der Waals surface area contributed by atoms with Gasteiger partial charge in [0.25, 0.3) is 0 Å². The van der Waals surface area contributed by atoms with Crippen LogP contribution < -0.4 is 5.46 Å². The molecule has 0 saturated heterocycles. The maximum Gasteiger partial charge on any atom is 0.488 e. The first kappa shape index (κ1) is 8.23. The van der Waals surface area contributed by atoms with Gasteiger partial charge in [0.05, 0.1) is 0 Å². The van der Waals surface area contributed by atoms with E-state index in [1.54, 1.807) is 12.1 Å². The van der Waals surface area contributed by atoms with Crippen molar-refractivity contribution in [1.29, 1.82) is 0 Å². The molecule has 0 bridgehead atoms. The van der Waals surface area contributed by atoms with E-state index in [2.05, 4.69) is 0 Å². The number of benzene rings is 1. The second-order valence-electron chi connectivity index (χ2n) is 2.21. The molecule has 0 saturated carbocycles. The topological polar surface area (TPSA) is 40.5 Å². The minimum Gasteiger partial charge on any atom is -0.423 e. The highest BCUT2D eigenvalue weighted by Crippen LogP contribution is 1.98. The summed E-state index contributed by atoms with van der Waals surface area (Å²) in [4.78, 5) is 0. The zero-order chi connectivity index (χ0) is 8.27. The average Bonchev–Trinajstić information content (AvgIpc) is 2.04. The molecule has 0 aliphatic rings. The smallest absolute Gasteiger partial charge is 0.423 e. The predicted octanol–water partition coefficient (Wildman–Crippen LogP) is -0.164. The van der Waals surface area contributed by atoms with Gasteiger partial charge in [-0.25, -0.2) is 4.39 Å². The average molecular weight is 154 g/mol. The molecule has 58 valence electrons. The van der Waals surface area contributed by atoms with E-state index in [0.29, 0.717) is 5.56 Å². The minimum absolute atomic E-state index is 0.231. The fraction of sp³-hybridized carbons (Fsp3) is 0.143. The molecule has 0 unspecified atom stereocenters. The fourth-order valence-electron chi connectivity index (χ4n) is 0.908. The highest BCUT2D eigenvalue weighted by Gasteiger charge is 2.14. The molecule has 1 rings (SSSR count). The Morgan fingerprint density at radius 1 is 1.27 bits per heavy atom. The molecule has 1 aromatic rings. The van der Waals surface area contributed by atoms with Gasteiger partial charge in [0.2, 0.25) is 0 Å². The predicted molar refractivity (Wildman–Crippen MR) is 41.1 cm³/mol. The standard InChI is InChI=1S/C7H8BFO2/c9-5-6-3-1-2-4-7(6)8(10)11/h1-4,10-11H,5H2. The Bertz CT molecular complexity index is 240. The van der Waals surface area contributed by atoms with Crippen molar-refractivity contribution in [2.75, 3.05) is 0 Å². The van der Waals surface area contributed by atoms with E-state index in [9.17, 15) is 4.39 Å². The Kier molecular flexibility index (Phi) is 2.62. The molecule has 0 heterocycles. The van der Waals surface area contributed by atoms with Crippen molar-refractivity contribution in [2.45, 2.75) is 6.67 Å². The largest absolute Gasteiger partial charge is 0.488 e. The Morgan fingerprint density at radius 2 is 1.91 bits per heavy atom. The summed E-state index contributed by atoms with van der Waals surface area (Å²) in [6.45, 7) is -0.673. The number of alkyl halides is 1. The summed E-state index contributed by atoms with van der Waals surface area (Å²) in [7, 11) is -1.58. The summed E-state index contributed by atoms with van der Waals surface area (Å²) in [5, 5.41) is 17.4. The third-order valence-electron chi connectivity index (χ3n) is 1.48. The highest BCUT2D eigenvalue weighted by molar-refractivity contribution is 6.59. The number of halogens is 1. The number of hydrogen-bond acceptors (Lipinski definition) is 2. The second-order valence-corrected chi connectivity index (χ2v) is 2.21. The van der Waals surface area contributed by atoms with Crippen molar-refractivity contribution < 1.29 is 14.4 Å². The summed E-state index contributed by atoms with van der Waals surface area (Å²) in [6, 6.07) is 6.29. The van der Waals surface area contributed by atoms with E-state index in [1.807, 2.05) is 0 Å². The van der Waals surface area contributed by atoms with Crippen LogP contribution in [0.3, 0.4) is 0 Å². The lowest BCUT2D eigenvalue weighted by molar-refractivity contribution is 0.423. The van der Waals surface area contributed by atoms with E-state index < -0.39 is 13.8 Å². The van der Waals surface area contributed by atoms with E-state index >= 15 is 0 Å². The molecule has 0 radical (unpaired) electrons. The van der Waals surface area contributed by atoms with Crippen molar-refractivity contribution in [3.05, 3.63) is 29.8 Å². The molecule has 1 aromatic carbocycles. The van der Waals surface area contributed by atoms with Crippen molar-refractivity contribution in [1.82, 2.24) is 0 Å². The van der Waals surface area contributed by atoms with E-state index in [0.717, 1.165) is 0 Å². The Balaban J connectivity index is 3.02. The van der Waals surface area contributed by atoms with Crippen LogP contribution in [0.2, 0.25) is 0 Å². The molecule has 0 spiro atoms. The Morgan fingerprint density at radius 3 is 2.36 bits per heavy atom. The first-order valence-electron chi connectivity index (χ1n) is 3.25. The summed E-state index contributed by atoms with van der Waals surface area (Å²) in [5.41, 5.74) is 0.553. The van der Waals surface area contributed by atoms with Crippen LogP contribution in [0, 0.1) is 0 Å². The van der Waals surface area contributed by atoms with Crippen LogP contribution in [0.5, 0.6) is 0 Å². The van der Waals surface area contributed by atoms with Gasteiger partial charge in [0.15, 0.2) is 0 Å². The van der Waals surface area contributed by atoms with Crippen LogP contribution in [-0.2, 0) is 6.67 Å². The summed E-state index contributed by atoms with van der Waals surface area (Å²) in [6.07, 6.45) is 0. The normalized spacial score (nSPS) is 9.73. The third kappa shape index (κ3) is 1.79. The molecule has 0 aliphatic heterocycles. The molecule has 0 aromatic heterocycles. The first-order chi connectivity index (χ1) is 5.25. The van der Waals surface area contributed by atoms with Gasteiger partial charge < -0.3 is 10.0 Å². The number of hydrogen-bond donors (Lipinski definition) is 2. The van der Waals surface area contributed by atoms with Crippen LogP contribution in [0.4, 0.5) is 4.39 Å². The molecule has 11 heavy (non-hydrogen) atoms. The molecule has 0 atom stereocenters. The molecular weight excluding hydrogens is 146 g/mol. The van der Waals surface area contributed by atoms with Gasteiger partial charge in [0.1, 0.15) is 6.67 Å². The quantitative estimate of drug-likeness (QED) is 0.580. The van der Waals surface area contributed by atoms with Crippen LogP contribution in [0.25, 0.3) is 0 Å². The second kappa shape index (κ2) is 3.50. The fourth-order valence-corrected chi connectivity index (χ4v) is 0.908. The molecule has 0 fully saturated rings. The maximum atomic E-state index is 12.1. The molecule has 2 nitrogen and oxygen atoms in total. The monoisotopic (exact) mass is 154 g/mol. The molecule has 4 heteroatoms. The molecule has 2 N–H and O–H groups in total. The lowest BCUT2D eigenvalue weighted by atomic mass is 9.77. The third-order valence-corrected chi connectivity index (χ3v) is 1.48. The van der Waals surface area contributed by atoms with E-state index in [4.69, 9.17) is 10.0 Å². The van der Waals surface area contributed by atoms with Crippen molar-refractivity contribution in [2.24, 2.45) is 0 Å². The van der Waals surface area contributed by atoms with Crippen LogP contribution >= 0.6 is 0 Å². The summed E-state index contributed by atoms with van der Waals surface area (Å²) >= 11 is 0. The maximum absolute atomic E-state index is 12.1. The van der Waals surface area contributed by atoms with Gasteiger partial charge >= 0.3 is 7.12 Å². The van der Waals surface area contributed by atoms with E-state index in [1.165, 1.54) is 12.1 Å². The lowest BCUT2D eigenvalue weighted by Crippen LogP contribution is -2.32. The van der Waals surface area contributed by atoms with Crippen LogP contribution in [0.15, 0.2) is 24.3 Å². The Labute approximate surface area is 64.4 Å². The van der Waals surface area contributed by atoms with Gasteiger partial charge in [-0.1, -0.05) is 24.3 Å². The lowest BCUT2D eigenvalue weighted by Gasteiger charge is -2.03. The van der Waals surface area contributed by atoms with Gasteiger partial charge in [0, 0.05) is 0 Å². The van der Waals surface area contributed by atoms with Crippen molar-refractivity contribution in [3.8, 4) is 0 Å². The van der Waals surface area contributed by atoms with Crippen LogP contribution in [-0.4, -0.2) is 17.2 Å². The highest BCUT2D eigenvalue weighted by atomic mass is 19.1. The minimum atomic E-state index is -1.58. The van der Waals surface area contributed by atoms with Crippen molar-refractivity contribution >= 4 is 12.6 Å².